The molecule has 160 valence electrons. The average molecular weight is 421 g/mol. The number of amides is 1. The summed E-state index contributed by atoms with van der Waals surface area (Å²) >= 11 is 0. The molecule has 1 unspecified atom stereocenters. The lowest BCUT2D eigenvalue weighted by Crippen LogP contribution is -2.36. The third kappa shape index (κ3) is 4.13. The van der Waals surface area contributed by atoms with Gasteiger partial charge in [-0.25, -0.2) is 4.79 Å². The Morgan fingerprint density at radius 3 is 2.43 bits per heavy atom. The molecule has 30 heavy (non-hydrogen) atoms. The van der Waals surface area contributed by atoms with Crippen LogP contribution in [0, 0.1) is 5.41 Å². The minimum atomic E-state index is -4.51. The molecule has 1 N–H and O–H groups in total. The number of carboxylic acids is 1. The number of ether oxygens (including phenoxy) is 1. The Hall–Kier alpha value is -3.03. The summed E-state index contributed by atoms with van der Waals surface area (Å²) in [5.41, 5.74) is -1.35. The van der Waals surface area contributed by atoms with E-state index >= 15 is 0 Å². The Morgan fingerprint density at radius 1 is 1.20 bits per heavy atom. The molecule has 1 heterocycles. The summed E-state index contributed by atoms with van der Waals surface area (Å²) in [6.07, 6.45) is -0.775. The summed E-state index contributed by atoms with van der Waals surface area (Å²) in [6.45, 7) is 6.53. The van der Waals surface area contributed by atoms with Crippen molar-refractivity contribution in [1.29, 1.82) is 0 Å². The first-order valence-corrected chi connectivity index (χ1v) is 9.28. The third-order valence-corrected chi connectivity index (χ3v) is 4.85. The van der Waals surface area contributed by atoms with Crippen LogP contribution in [0.25, 0.3) is 5.57 Å². The predicted molar refractivity (Wildman–Crippen MR) is 104 cm³/mol. The molecule has 5 nitrogen and oxygen atoms in total. The van der Waals surface area contributed by atoms with Crippen LogP contribution in [0.5, 0.6) is 0 Å². The van der Waals surface area contributed by atoms with Crippen LogP contribution in [-0.2, 0) is 15.7 Å². The molecule has 0 bridgehead atoms. The van der Waals surface area contributed by atoms with Crippen molar-refractivity contribution in [3.05, 3.63) is 64.9 Å². The van der Waals surface area contributed by atoms with Crippen LogP contribution in [0.15, 0.2) is 53.8 Å². The van der Waals surface area contributed by atoms with E-state index in [0.29, 0.717) is 22.4 Å². The molecule has 0 spiro atoms. The summed E-state index contributed by atoms with van der Waals surface area (Å²) in [7, 11) is 0. The number of benzene rings is 1. The van der Waals surface area contributed by atoms with Gasteiger partial charge in [0.25, 0.3) is 0 Å². The second-order valence-corrected chi connectivity index (χ2v) is 8.49. The van der Waals surface area contributed by atoms with Crippen molar-refractivity contribution < 1.29 is 32.6 Å². The monoisotopic (exact) mass is 421 g/mol. The first-order valence-electron chi connectivity index (χ1n) is 9.28. The van der Waals surface area contributed by atoms with Crippen molar-refractivity contribution in [3.63, 3.8) is 0 Å². The molecule has 1 atom stereocenters. The van der Waals surface area contributed by atoms with Gasteiger partial charge in [0.05, 0.1) is 17.8 Å². The number of hydrogen-bond donors (Lipinski definition) is 1. The van der Waals surface area contributed by atoms with Gasteiger partial charge in [0.1, 0.15) is 11.0 Å². The molecule has 0 fully saturated rings. The minimum absolute atomic E-state index is 0.0303. The van der Waals surface area contributed by atoms with Crippen molar-refractivity contribution in [2.45, 2.75) is 39.5 Å². The number of carboxylic acid groups (broad SMARTS) is 1. The fourth-order valence-electron chi connectivity index (χ4n) is 3.30. The fourth-order valence-corrected chi connectivity index (χ4v) is 3.30. The van der Waals surface area contributed by atoms with Gasteiger partial charge in [-0.3, -0.25) is 9.69 Å². The number of allylic oxidation sites excluding steroid dienone is 1. The Morgan fingerprint density at radius 2 is 1.87 bits per heavy atom. The molecule has 3 rings (SSSR count). The van der Waals surface area contributed by atoms with Crippen LogP contribution < -0.4 is 0 Å². The maximum atomic E-state index is 13.2. The number of hydrogen-bond acceptors (Lipinski definition) is 3. The molecule has 0 saturated carbocycles. The topological polar surface area (TPSA) is 66.8 Å². The van der Waals surface area contributed by atoms with Crippen molar-refractivity contribution in [2.24, 2.45) is 5.41 Å². The van der Waals surface area contributed by atoms with Crippen LogP contribution in [0.2, 0.25) is 0 Å². The van der Waals surface area contributed by atoms with Crippen molar-refractivity contribution in [2.75, 3.05) is 6.54 Å². The lowest BCUT2D eigenvalue weighted by Gasteiger charge is -2.29. The maximum absolute atomic E-state index is 13.2. The van der Waals surface area contributed by atoms with Gasteiger partial charge in [-0.1, -0.05) is 24.3 Å². The minimum Gasteiger partial charge on any atom is -0.480 e. The van der Waals surface area contributed by atoms with Crippen molar-refractivity contribution in [3.8, 4) is 0 Å². The SMILES string of the molecule is CC(C)(C)OC(=O)N1CC(c2cccc(C(F)(F)F)c2)=C2C=CC(C)(C(=O)O)C=C21. The molecule has 1 aromatic rings. The van der Waals surface area contributed by atoms with E-state index in [1.165, 1.54) is 36.1 Å². The normalized spacial score (nSPS) is 21.4. The highest BCUT2D eigenvalue weighted by Crippen LogP contribution is 2.43. The van der Waals surface area contributed by atoms with Gasteiger partial charge in [-0.15, -0.1) is 0 Å². The van der Waals surface area contributed by atoms with Gasteiger partial charge in [0.2, 0.25) is 0 Å². The molecule has 1 amide bonds. The highest BCUT2D eigenvalue weighted by Gasteiger charge is 2.40. The molecule has 0 radical (unpaired) electrons. The second-order valence-electron chi connectivity index (χ2n) is 8.49. The highest BCUT2D eigenvalue weighted by molar-refractivity contribution is 5.90. The van der Waals surface area contributed by atoms with Crippen LogP contribution in [0.4, 0.5) is 18.0 Å². The number of aliphatic carboxylic acids is 1. The third-order valence-electron chi connectivity index (χ3n) is 4.85. The Kier molecular flexibility index (Phi) is 5.08. The van der Waals surface area contributed by atoms with E-state index in [1.54, 1.807) is 26.8 Å². The Bertz CT molecular complexity index is 998. The number of alkyl halides is 3. The van der Waals surface area contributed by atoms with E-state index in [2.05, 4.69) is 0 Å². The molecule has 2 aliphatic rings. The average Bonchev–Trinajstić information content (AvgIpc) is 2.98. The zero-order valence-corrected chi connectivity index (χ0v) is 17.0. The summed E-state index contributed by atoms with van der Waals surface area (Å²) in [6, 6.07) is 4.84. The van der Waals surface area contributed by atoms with Gasteiger partial charge in [0, 0.05) is 5.57 Å². The number of halogens is 3. The molecular formula is C22H22F3NO4. The summed E-state index contributed by atoms with van der Waals surface area (Å²) in [5, 5.41) is 9.57. The molecular weight excluding hydrogens is 399 g/mol. The van der Waals surface area contributed by atoms with E-state index < -0.39 is 34.8 Å². The molecule has 1 aromatic carbocycles. The molecule has 8 heteroatoms. The number of rotatable bonds is 2. The van der Waals surface area contributed by atoms with E-state index in [4.69, 9.17) is 4.74 Å². The molecule has 0 aromatic heterocycles. The fraction of sp³-hybridized carbons (Fsp3) is 0.364. The second kappa shape index (κ2) is 7.04. The largest absolute Gasteiger partial charge is 0.480 e. The van der Waals surface area contributed by atoms with Gasteiger partial charge in [-0.05, 0) is 57.0 Å². The smallest absolute Gasteiger partial charge is 0.416 e. The standard InChI is InChI=1S/C22H22F3NO4/c1-20(2,3)30-19(29)26-12-16(13-6-5-7-14(10-13)22(23,24)25)15-8-9-21(4,18(27)28)11-17(15)26/h5-11H,12H2,1-4H3,(H,27,28). The predicted octanol–water partition coefficient (Wildman–Crippen LogP) is 5.25. The molecule has 1 aliphatic heterocycles. The highest BCUT2D eigenvalue weighted by atomic mass is 19.4. The zero-order valence-electron chi connectivity index (χ0n) is 17.0. The summed E-state index contributed by atoms with van der Waals surface area (Å²) < 4.78 is 45.0. The van der Waals surface area contributed by atoms with Gasteiger partial charge < -0.3 is 9.84 Å². The van der Waals surface area contributed by atoms with Crippen LogP contribution in [0.1, 0.15) is 38.8 Å². The van der Waals surface area contributed by atoms with Crippen LogP contribution in [0.3, 0.4) is 0 Å². The Balaban J connectivity index is 2.11. The first kappa shape index (κ1) is 21.7. The van der Waals surface area contributed by atoms with Crippen molar-refractivity contribution >= 4 is 17.6 Å². The maximum Gasteiger partial charge on any atom is 0.416 e. The van der Waals surface area contributed by atoms with E-state index in [-0.39, 0.29) is 6.54 Å². The van der Waals surface area contributed by atoms with Crippen molar-refractivity contribution in [1.82, 2.24) is 4.90 Å². The first-order chi connectivity index (χ1) is 13.7. The number of nitrogens with zero attached hydrogens (tertiary/aromatic N) is 1. The van der Waals surface area contributed by atoms with Crippen LogP contribution in [-0.4, -0.2) is 34.2 Å². The molecule has 0 saturated heterocycles. The lowest BCUT2D eigenvalue weighted by atomic mass is 9.83. The van der Waals surface area contributed by atoms with Gasteiger partial charge >= 0.3 is 18.2 Å². The number of fused-ring (bicyclic) bond motifs is 1. The number of carbonyl (C=O) groups excluding carboxylic acids is 1. The summed E-state index contributed by atoms with van der Waals surface area (Å²) in [4.78, 5) is 25.8. The zero-order chi connectivity index (χ0) is 22.5. The van der Waals surface area contributed by atoms with Crippen LogP contribution >= 0.6 is 0 Å². The number of carbonyl (C=O) groups is 2. The lowest BCUT2D eigenvalue weighted by molar-refractivity contribution is -0.143. The quantitative estimate of drug-likeness (QED) is 0.708. The van der Waals surface area contributed by atoms with Gasteiger partial charge in [-0.2, -0.15) is 13.2 Å². The van der Waals surface area contributed by atoms with E-state index in [0.717, 1.165) is 12.1 Å². The van der Waals surface area contributed by atoms with E-state index in [9.17, 15) is 27.9 Å². The van der Waals surface area contributed by atoms with E-state index in [1.807, 2.05) is 0 Å². The molecule has 1 aliphatic carbocycles. The summed E-state index contributed by atoms with van der Waals surface area (Å²) in [5.74, 6) is -1.11. The van der Waals surface area contributed by atoms with Gasteiger partial charge in [0.15, 0.2) is 0 Å². The Labute approximate surface area is 172 Å².